The van der Waals surface area contributed by atoms with Crippen molar-refractivity contribution in [1.29, 1.82) is 0 Å². The van der Waals surface area contributed by atoms with Crippen molar-refractivity contribution in [2.24, 2.45) is 10.8 Å². The van der Waals surface area contributed by atoms with Gasteiger partial charge in [-0.1, -0.05) is 26.2 Å². The zero-order valence-corrected chi connectivity index (χ0v) is 12.2. The molecule has 1 aliphatic carbocycles. The molecule has 19 heavy (non-hydrogen) atoms. The Morgan fingerprint density at radius 3 is 2.68 bits per heavy atom. The lowest BCUT2D eigenvalue weighted by molar-refractivity contribution is 0.272. The first-order valence-corrected chi connectivity index (χ1v) is 7.85. The number of likely N-dealkylation sites (tertiary alicyclic amines) is 1. The van der Waals surface area contributed by atoms with Crippen LogP contribution in [0.2, 0.25) is 0 Å². The van der Waals surface area contributed by atoms with Crippen LogP contribution in [0, 0.1) is 0 Å². The highest BCUT2D eigenvalue weighted by Crippen LogP contribution is 2.18. The number of nitrogens with zero attached hydrogens (tertiary/aromatic N) is 2. The number of aliphatic imine (C=N–C) groups is 1. The smallest absolute Gasteiger partial charge is 0.206 e. The second-order valence-corrected chi connectivity index (χ2v) is 5.74. The van der Waals surface area contributed by atoms with E-state index in [0.29, 0.717) is 12.1 Å². The summed E-state index contributed by atoms with van der Waals surface area (Å²) >= 11 is 0. The largest absolute Gasteiger partial charge is 0.353 e. The predicted molar refractivity (Wildman–Crippen MR) is 79.9 cm³/mol. The van der Waals surface area contributed by atoms with E-state index in [0.717, 1.165) is 19.0 Å². The average molecular weight is 267 g/mol. The van der Waals surface area contributed by atoms with Crippen molar-refractivity contribution >= 4 is 5.96 Å². The first kappa shape index (κ1) is 14.6. The number of guanidine groups is 1. The molecule has 1 aliphatic heterocycles. The van der Waals surface area contributed by atoms with Crippen molar-refractivity contribution in [2.75, 3.05) is 19.6 Å². The third kappa shape index (κ3) is 4.35. The summed E-state index contributed by atoms with van der Waals surface area (Å²) in [5.41, 5.74) is 2.73. The van der Waals surface area contributed by atoms with Crippen LogP contribution in [0.5, 0.6) is 0 Å². The monoisotopic (exact) mass is 267 g/mol. The summed E-state index contributed by atoms with van der Waals surface area (Å²) in [7, 11) is 0. The van der Waals surface area contributed by atoms with Gasteiger partial charge in [0.15, 0.2) is 0 Å². The van der Waals surface area contributed by atoms with E-state index in [-0.39, 0.29) is 0 Å². The van der Waals surface area contributed by atoms with E-state index in [1.165, 1.54) is 51.5 Å². The molecule has 1 atom stereocenters. The molecule has 2 aliphatic rings. The molecule has 0 radical (unpaired) electrons. The van der Waals surface area contributed by atoms with E-state index in [4.69, 9.17) is 5.84 Å². The minimum Gasteiger partial charge on any atom is -0.353 e. The molecule has 2 rings (SSSR count). The second-order valence-electron chi connectivity index (χ2n) is 5.74. The molecule has 0 bridgehead atoms. The first-order valence-electron chi connectivity index (χ1n) is 7.85. The van der Waals surface area contributed by atoms with Crippen LogP contribution in [0.3, 0.4) is 0 Å². The highest BCUT2D eigenvalue weighted by Gasteiger charge is 2.22. The average Bonchev–Trinajstić information content (AvgIpc) is 2.92. The van der Waals surface area contributed by atoms with Gasteiger partial charge in [-0.3, -0.25) is 15.3 Å². The lowest BCUT2D eigenvalue weighted by Gasteiger charge is -2.25. The van der Waals surface area contributed by atoms with Gasteiger partial charge in [-0.2, -0.15) is 0 Å². The lowest BCUT2D eigenvalue weighted by Crippen LogP contribution is -2.47. The van der Waals surface area contributed by atoms with Crippen LogP contribution in [0.4, 0.5) is 0 Å². The summed E-state index contributed by atoms with van der Waals surface area (Å²) < 4.78 is 0. The van der Waals surface area contributed by atoms with Crippen molar-refractivity contribution in [3.8, 4) is 0 Å². The number of hydrogen-bond acceptors (Lipinski definition) is 3. The van der Waals surface area contributed by atoms with Crippen molar-refractivity contribution in [3.05, 3.63) is 0 Å². The van der Waals surface area contributed by atoms with E-state index in [9.17, 15) is 0 Å². The summed E-state index contributed by atoms with van der Waals surface area (Å²) in [6.07, 6.45) is 9.06. The highest BCUT2D eigenvalue weighted by atomic mass is 15.3. The number of nitrogens with one attached hydrogen (secondary N) is 2. The molecular formula is C14H29N5. The molecule has 5 nitrogen and oxygen atoms in total. The van der Waals surface area contributed by atoms with Gasteiger partial charge < -0.3 is 5.32 Å². The Labute approximate surface area is 117 Å². The zero-order chi connectivity index (χ0) is 13.5. The Hall–Kier alpha value is -0.810. The predicted octanol–water partition coefficient (Wildman–Crippen LogP) is 1.21. The Morgan fingerprint density at radius 1 is 1.21 bits per heavy atom. The molecule has 2 fully saturated rings. The quantitative estimate of drug-likeness (QED) is 0.310. The number of rotatable bonds is 4. The van der Waals surface area contributed by atoms with Crippen LogP contribution in [-0.2, 0) is 0 Å². The van der Waals surface area contributed by atoms with E-state index in [2.05, 4.69) is 27.6 Å². The fourth-order valence-corrected chi connectivity index (χ4v) is 3.29. The highest BCUT2D eigenvalue weighted by molar-refractivity contribution is 5.79. The van der Waals surface area contributed by atoms with Gasteiger partial charge in [0.05, 0.1) is 6.54 Å². The third-order valence-corrected chi connectivity index (χ3v) is 4.45. The van der Waals surface area contributed by atoms with Crippen molar-refractivity contribution < 1.29 is 0 Å². The van der Waals surface area contributed by atoms with Gasteiger partial charge in [0.1, 0.15) is 0 Å². The topological polar surface area (TPSA) is 65.7 Å². The second kappa shape index (κ2) is 7.70. The van der Waals surface area contributed by atoms with Gasteiger partial charge in [0.2, 0.25) is 5.96 Å². The van der Waals surface area contributed by atoms with Gasteiger partial charge in [-0.15, -0.1) is 0 Å². The Morgan fingerprint density at radius 2 is 2.00 bits per heavy atom. The molecule has 4 N–H and O–H groups in total. The molecule has 0 spiro atoms. The maximum atomic E-state index is 5.58. The molecule has 0 amide bonds. The van der Waals surface area contributed by atoms with E-state index in [1.54, 1.807) is 0 Å². The number of nitrogens with two attached hydrogens (primary N) is 1. The molecule has 0 aromatic rings. The fraction of sp³-hybridized carbons (Fsp3) is 0.929. The summed E-state index contributed by atoms with van der Waals surface area (Å²) in [5, 5.41) is 3.46. The summed E-state index contributed by atoms with van der Waals surface area (Å²) in [4.78, 5) is 7.16. The third-order valence-electron chi connectivity index (χ3n) is 4.45. The van der Waals surface area contributed by atoms with Gasteiger partial charge in [-0.05, 0) is 38.8 Å². The van der Waals surface area contributed by atoms with Gasteiger partial charge in [-0.25, -0.2) is 5.84 Å². The molecule has 5 heteroatoms. The molecule has 0 aromatic heterocycles. The van der Waals surface area contributed by atoms with Crippen molar-refractivity contribution in [3.63, 3.8) is 0 Å². The van der Waals surface area contributed by atoms with Crippen LogP contribution in [0.25, 0.3) is 0 Å². The summed E-state index contributed by atoms with van der Waals surface area (Å²) in [6, 6.07) is 1.15. The molecular weight excluding hydrogens is 238 g/mol. The number of likely N-dealkylation sites (N-methyl/N-ethyl adjacent to an activating group) is 1. The van der Waals surface area contributed by atoms with Gasteiger partial charge in [0.25, 0.3) is 0 Å². The number of hydrazine groups is 1. The molecule has 1 heterocycles. The van der Waals surface area contributed by atoms with Crippen LogP contribution in [0.15, 0.2) is 4.99 Å². The number of hydrogen-bond donors (Lipinski definition) is 3. The Bertz CT molecular complexity index is 286. The van der Waals surface area contributed by atoms with E-state index in [1.807, 2.05) is 0 Å². The Balaban J connectivity index is 1.80. The van der Waals surface area contributed by atoms with E-state index < -0.39 is 0 Å². The van der Waals surface area contributed by atoms with Crippen LogP contribution < -0.4 is 16.6 Å². The first-order chi connectivity index (χ1) is 9.33. The van der Waals surface area contributed by atoms with Crippen LogP contribution in [-0.4, -0.2) is 42.6 Å². The molecule has 1 saturated heterocycles. The normalized spacial score (nSPS) is 26.6. The van der Waals surface area contributed by atoms with E-state index >= 15 is 0 Å². The zero-order valence-electron chi connectivity index (χ0n) is 12.2. The molecule has 1 unspecified atom stereocenters. The minimum atomic E-state index is 0.550. The molecule has 110 valence electrons. The van der Waals surface area contributed by atoms with Crippen LogP contribution in [0.1, 0.15) is 51.9 Å². The van der Waals surface area contributed by atoms with Crippen LogP contribution >= 0.6 is 0 Å². The molecule has 1 saturated carbocycles. The Kier molecular flexibility index (Phi) is 5.92. The maximum absolute atomic E-state index is 5.58. The summed E-state index contributed by atoms with van der Waals surface area (Å²) in [6.45, 7) is 5.43. The maximum Gasteiger partial charge on any atom is 0.206 e. The fourth-order valence-electron chi connectivity index (χ4n) is 3.29. The SMILES string of the molecule is CCN1CCCC1CN=C(NN)NC1CCCCC1. The molecule has 0 aromatic carbocycles. The van der Waals surface area contributed by atoms with Gasteiger partial charge in [0, 0.05) is 12.1 Å². The van der Waals surface area contributed by atoms with Crippen molar-refractivity contribution in [1.82, 2.24) is 15.6 Å². The van der Waals surface area contributed by atoms with Gasteiger partial charge >= 0.3 is 0 Å². The lowest BCUT2D eigenvalue weighted by atomic mass is 9.96. The standard InChI is InChI=1S/C14H29N5/c1-2-19-10-6-9-13(19)11-16-14(18-15)17-12-7-4-3-5-8-12/h12-13H,2-11,15H2,1H3,(H2,16,17,18). The van der Waals surface area contributed by atoms with Crippen molar-refractivity contribution in [2.45, 2.75) is 64.0 Å². The summed E-state index contributed by atoms with van der Waals surface area (Å²) in [5.74, 6) is 6.36. The minimum absolute atomic E-state index is 0.550.